The third kappa shape index (κ3) is 3.95. The van der Waals surface area contributed by atoms with Gasteiger partial charge in [-0.1, -0.05) is 6.07 Å². The predicted molar refractivity (Wildman–Crippen MR) is 81.5 cm³/mol. The molecule has 9 heteroatoms. The number of aryl methyl sites for hydroxylation is 1. The van der Waals surface area contributed by atoms with Crippen LogP contribution in [-0.4, -0.2) is 27.0 Å². The predicted octanol–water partition coefficient (Wildman–Crippen LogP) is 2.16. The van der Waals surface area contributed by atoms with E-state index in [4.69, 9.17) is 9.15 Å². The maximum Gasteiger partial charge on any atom is 0.270 e. The van der Waals surface area contributed by atoms with Crippen LogP contribution in [0, 0.1) is 17.0 Å². The van der Waals surface area contributed by atoms with Gasteiger partial charge >= 0.3 is 0 Å². The number of nitrogens with zero attached hydrogens (tertiary/aromatic N) is 1. The number of nitro groups is 1. The molecule has 0 amide bonds. The fourth-order valence-electron chi connectivity index (χ4n) is 2.03. The van der Waals surface area contributed by atoms with Crippen LogP contribution in [0.4, 0.5) is 5.69 Å². The van der Waals surface area contributed by atoms with Crippen molar-refractivity contribution in [1.29, 1.82) is 0 Å². The van der Waals surface area contributed by atoms with Gasteiger partial charge in [0.15, 0.2) is 0 Å². The minimum atomic E-state index is -3.92. The molecule has 124 valence electrons. The van der Waals surface area contributed by atoms with E-state index in [0.29, 0.717) is 11.3 Å². The average molecular weight is 340 g/mol. The van der Waals surface area contributed by atoms with Gasteiger partial charge in [-0.15, -0.1) is 0 Å². The van der Waals surface area contributed by atoms with Gasteiger partial charge in [0.05, 0.1) is 16.1 Å². The molecule has 1 unspecified atom stereocenters. The molecule has 2 aromatic rings. The van der Waals surface area contributed by atoms with Crippen molar-refractivity contribution < 1.29 is 22.5 Å². The standard InChI is InChI=1S/C14H16N2O6S/c1-10-5-6-11(16(17)18)8-14(10)23(19,20)15-9-13(21-2)12-4-3-7-22-12/h3-8,13,15H,9H2,1-2H3. The van der Waals surface area contributed by atoms with Crippen LogP contribution in [0.3, 0.4) is 0 Å². The molecular formula is C14H16N2O6S. The van der Waals surface area contributed by atoms with E-state index in [9.17, 15) is 18.5 Å². The number of rotatable bonds is 7. The van der Waals surface area contributed by atoms with Crippen molar-refractivity contribution in [2.75, 3.05) is 13.7 Å². The molecule has 1 aromatic carbocycles. The largest absolute Gasteiger partial charge is 0.467 e. The third-order valence-corrected chi connectivity index (χ3v) is 4.84. The van der Waals surface area contributed by atoms with Crippen LogP contribution in [-0.2, 0) is 14.8 Å². The number of hydrogen-bond donors (Lipinski definition) is 1. The summed E-state index contributed by atoms with van der Waals surface area (Å²) >= 11 is 0. The molecule has 0 aliphatic carbocycles. The Bertz CT molecular complexity index is 786. The highest BCUT2D eigenvalue weighted by molar-refractivity contribution is 7.89. The number of hydrogen-bond acceptors (Lipinski definition) is 6. The second kappa shape index (κ2) is 6.90. The zero-order chi connectivity index (χ0) is 17.0. The number of nitro benzene ring substituents is 1. The number of non-ortho nitro benzene ring substituents is 1. The Hall–Kier alpha value is -2.23. The van der Waals surface area contributed by atoms with Crippen LogP contribution in [0.5, 0.6) is 0 Å². The first-order valence-corrected chi connectivity index (χ1v) is 8.14. The molecule has 1 heterocycles. The summed E-state index contributed by atoms with van der Waals surface area (Å²) in [6.45, 7) is 1.51. The Morgan fingerprint density at radius 3 is 2.70 bits per heavy atom. The Kier molecular flexibility index (Phi) is 5.14. The molecule has 1 aromatic heterocycles. The second-order valence-electron chi connectivity index (χ2n) is 4.80. The molecule has 0 saturated carbocycles. The van der Waals surface area contributed by atoms with Crippen LogP contribution in [0.25, 0.3) is 0 Å². The van der Waals surface area contributed by atoms with Gasteiger partial charge in [0, 0.05) is 25.8 Å². The van der Waals surface area contributed by atoms with Crippen LogP contribution < -0.4 is 4.72 Å². The van der Waals surface area contributed by atoms with Crippen LogP contribution in [0.15, 0.2) is 45.9 Å². The zero-order valence-corrected chi connectivity index (χ0v) is 13.4. The van der Waals surface area contributed by atoms with Crippen molar-refractivity contribution in [1.82, 2.24) is 4.72 Å². The smallest absolute Gasteiger partial charge is 0.270 e. The summed E-state index contributed by atoms with van der Waals surface area (Å²) in [4.78, 5) is 10.0. The fraction of sp³-hybridized carbons (Fsp3) is 0.286. The lowest BCUT2D eigenvalue weighted by atomic mass is 10.2. The molecule has 1 atom stereocenters. The average Bonchev–Trinajstić information content (AvgIpc) is 3.02. The summed E-state index contributed by atoms with van der Waals surface area (Å²) in [6.07, 6.45) is 0.861. The van der Waals surface area contributed by atoms with Gasteiger partial charge in [-0.25, -0.2) is 13.1 Å². The molecule has 0 bridgehead atoms. The highest BCUT2D eigenvalue weighted by Gasteiger charge is 2.23. The van der Waals surface area contributed by atoms with Gasteiger partial charge in [0.1, 0.15) is 11.9 Å². The number of benzene rings is 1. The van der Waals surface area contributed by atoms with E-state index in [1.165, 1.54) is 25.5 Å². The number of furan rings is 1. The van der Waals surface area contributed by atoms with E-state index >= 15 is 0 Å². The summed E-state index contributed by atoms with van der Waals surface area (Å²) in [6, 6.07) is 7.02. The second-order valence-corrected chi connectivity index (χ2v) is 6.53. The van der Waals surface area contributed by atoms with E-state index < -0.39 is 21.1 Å². The van der Waals surface area contributed by atoms with Gasteiger partial charge in [0.2, 0.25) is 10.0 Å². The molecule has 0 aliphatic rings. The van der Waals surface area contributed by atoms with Gasteiger partial charge in [-0.05, 0) is 24.6 Å². The number of methoxy groups -OCH3 is 1. The lowest BCUT2D eigenvalue weighted by Gasteiger charge is -2.14. The Morgan fingerprint density at radius 2 is 2.13 bits per heavy atom. The summed E-state index contributed by atoms with van der Waals surface area (Å²) < 4.78 is 37.6. The molecule has 2 rings (SSSR count). The molecule has 0 saturated heterocycles. The van der Waals surface area contributed by atoms with Crippen molar-refractivity contribution in [2.45, 2.75) is 17.9 Å². The topological polar surface area (TPSA) is 112 Å². The number of ether oxygens (including phenoxy) is 1. The van der Waals surface area contributed by atoms with Gasteiger partial charge in [0.25, 0.3) is 5.69 Å². The summed E-state index contributed by atoms with van der Waals surface area (Å²) in [7, 11) is -2.49. The Labute approximate surface area is 133 Å². The monoisotopic (exact) mass is 340 g/mol. The number of sulfonamides is 1. The maximum absolute atomic E-state index is 12.4. The van der Waals surface area contributed by atoms with E-state index in [2.05, 4.69) is 4.72 Å². The number of nitrogens with one attached hydrogen (secondary N) is 1. The van der Waals surface area contributed by atoms with Crippen molar-refractivity contribution in [3.05, 3.63) is 58.0 Å². The van der Waals surface area contributed by atoms with Gasteiger partial charge in [-0.2, -0.15) is 0 Å². The third-order valence-electron chi connectivity index (χ3n) is 3.28. The minimum absolute atomic E-state index is 0.0610. The highest BCUT2D eigenvalue weighted by Crippen LogP contribution is 2.22. The zero-order valence-electron chi connectivity index (χ0n) is 12.6. The van der Waals surface area contributed by atoms with Gasteiger partial charge in [-0.3, -0.25) is 10.1 Å². The van der Waals surface area contributed by atoms with Crippen molar-refractivity contribution >= 4 is 15.7 Å². The minimum Gasteiger partial charge on any atom is -0.467 e. The first-order chi connectivity index (χ1) is 10.8. The van der Waals surface area contributed by atoms with E-state index in [-0.39, 0.29) is 17.1 Å². The molecule has 0 radical (unpaired) electrons. The molecule has 0 aliphatic heterocycles. The van der Waals surface area contributed by atoms with E-state index in [0.717, 1.165) is 6.07 Å². The van der Waals surface area contributed by atoms with Gasteiger partial charge < -0.3 is 9.15 Å². The molecule has 0 spiro atoms. The quantitative estimate of drug-likeness (QED) is 0.610. The van der Waals surface area contributed by atoms with E-state index in [1.807, 2.05) is 0 Å². The fourth-order valence-corrected chi connectivity index (χ4v) is 3.32. The molecule has 1 N–H and O–H groups in total. The van der Waals surface area contributed by atoms with E-state index in [1.54, 1.807) is 19.1 Å². The van der Waals surface area contributed by atoms with Crippen LogP contribution in [0.2, 0.25) is 0 Å². The SMILES string of the molecule is COC(CNS(=O)(=O)c1cc([N+](=O)[O-])ccc1C)c1ccco1. The molecule has 23 heavy (non-hydrogen) atoms. The summed E-state index contributed by atoms with van der Waals surface area (Å²) in [5.41, 5.74) is 0.125. The van der Waals surface area contributed by atoms with Crippen LogP contribution >= 0.6 is 0 Å². The summed E-state index contributed by atoms with van der Waals surface area (Å²) in [5.74, 6) is 0.478. The van der Waals surface area contributed by atoms with Crippen LogP contribution in [0.1, 0.15) is 17.4 Å². The maximum atomic E-state index is 12.4. The molecular weight excluding hydrogens is 324 g/mol. The lowest BCUT2D eigenvalue weighted by Crippen LogP contribution is -2.29. The normalized spacial score (nSPS) is 13.0. The first kappa shape index (κ1) is 17.1. The Balaban J connectivity index is 2.22. The molecule has 0 fully saturated rings. The summed E-state index contributed by atoms with van der Waals surface area (Å²) in [5, 5.41) is 10.8. The Morgan fingerprint density at radius 1 is 1.39 bits per heavy atom. The van der Waals surface area contributed by atoms with Crippen molar-refractivity contribution in [3.63, 3.8) is 0 Å². The lowest BCUT2D eigenvalue weighted by molar-refractivity contribution is -0.385. The first-order valence-electron chi connectivity index (χ1n) is 6.66. The van der Waals surface area contributed by atoms with Crippen molar-refractivity contribution in [3.8, 4) is 0 Å². The highest BCUT2D eigenvalue weighted by atomic mass is 32.2. The molecule has 8 nitrogen and oxygen atoms in total. The van der Waals surface area contributed by atoms with Crippen molar-refractivity contribution in [2.24, 2.45) is 0 Å².